The SMILES string of the molecule is CC(C)C[C@@H](C(=O)C1(C)CC1)C(C)C. The maximum Gasteiger partial charge on any atom is 0.142 e. The molecule has 1 nitrogen and oxygen atoms in total. The largest absolute Gasteiger partial charge is 0.299 e. The van der Waals surface area contributed by atoms with Crippen molar-refractivity contribution in [2.45, 2.75) is 53.9 Å². The summed E-state index contributed by atoms with van der Waals surface area (Å²) in [6, 6.07) is 0. The summed E-state index contributed by atoms with van der Waals surface area (Å²) in [7, 11) is 0. The average molecular weight is 196 g/mol. The van der Waals surface area contributed by atoms with Crippen LogP contribution in [0.3, 0.4) is 0 Å². The first-order valence-electron chi connectivity index (χ1n) is 5.91. The van der Waals surface area contributed by atoms with E-state index in [2.05, 4.69) is 34.6 Å². The summed E-state index contributed by atoms with van der Waals surface area (Å²) in [4.78, 5) is 12.2. The fourth-order valence-corrected chi connectivity index (χ4v) is 2.07. The molecule has 0 N–H and O–H groups in total. The van der Waals surface area contributed by atoms with Crippen molar-refractivity contribution in [2.75, 3.05) is 0 Å². The van der Waals surface area contributed by atoms with Crippen molar-refractivity contribution in [3.8, 4) is 0 Å². The lowest BCUT2D eigenvalue weighted by Gasteiger charge is -2.24. The van der Waals surface area contributed by atoms with Gasteiger partial charge in [-0.3, -0.25) is 4.79 Å². The highest BCUT2D eigenvalue weighted by Gasteiger charge is 2.47. The maximum absolute atomic E-state index is 12.2. The first-order chi connectivity index (χ1) is 6.37. The van der Waals surface area contributed by atoms with Gasteiger partial charge in [0.05, 0.1) is 0 Å². The molecule has 0 heterocycles. The molecule has 0 aliphatic heterocycles. The molecule has 0 saturated heterocycles. The summed E-state index contributed by atoms with van der Waals surface area (Å²) in [5.41, 5.74) is 0.0594. The van der Waals surface area contributed by atoms with Gasteiger partial charge in [-0.25, -0.2) is 0 Å². The van der Waals surface area contributed by atoms with Gasteiger partial charge in [0.15, 0.2) is 0 Å². The predicted octanol–water partition coefficient (Wildman–Crippen LogP) is 3.67. The highest BCUT2D eigenvalue weighted by Crippen LogP contribution is 2.49. The second-order valence-corrected chi connectivity index (χ2v) is 5.90. The highest BCUT2D eigenvalue weighted by atomic mass is 16.1. The molecule has 0 aromatic carbocycles. The maximum atomic E-state index is 12.2. The van der Waals surface area contributed by atoms with Gasteiger partial charge < -0.3 is 0 Å². The minimum atomic E-state index is 0.0594. The molecule has 1 saturated carbocycles. The van der Waals surface area contributed by atoms with Crippen LogP contribution >= 0.6 is 0 Å². The number of hydrogen-bond acceptors (Lipinski definition) is 1. The number of carbonyl (C=O) groups excluding carboxylic acids is 1. The van der Waals surface area contributed by atoms with Crippen molar-refractivity contribution >= 4 is 5.78 Å². The Balaban J connectivity index is 2.62. The van der Waals surface area contributed by atoms with Gasteiger partial charge in [0.1, 0.15) is 5.78 Å². The molecule has 1 aliphatic carbocycles. The Morgan fingerprint density at radius 1 is 1.21 bits per heavy atom. The Kier molecular flexibility index (Phi) is 3.39. The molecule has 1 rings (SSSR count). The van der Waals surface area contributed by atoms with Crippen LogP contribution in [0, 0.1) is 23.2 Å². The number of hydrogen-bond donors (Lipinski definition) is 0. The van der Waals surface area contributed by atoms with Gasteiger partial charge in [-0.2, -0.15) is 0 Å². The smallest absolute Gasteiger partial charge is 0.142 e. The van der Waals surface area contributed by atoms with Gasteiger partial charge in [0, 0.05) is 11.3 Å². The first-order valence-corrected chi connectivity index (χ1v) is 5.91. The van der Waals surface area contributed by atoms with Crippen molar-refractivity contribution in [3.63, 3.8) is 0 Å². The summed E-state index contributed by atoms with van der Waals surface area (Å²) in [5, 5.41) is 0. The second kappa shape index (κ2) is 4.04. The van der Waals surface area contributed by atoms with Crippen molar-refractivity contribution < 1.29 is 4.79 Å². The standard InChI is InChI=1S/C13H24O/c1-9(2)8-11(10(3)4)12(14)13(5)6-7-13/h9-11H,6-8H2,1-5H3/t11-/m1/s1. The van der Waals surface area contributed by atoms with Crippen molar-refractivity contribution in [2.24, 2.45) is 23.2 Å². The van der Waals surface area contributed by atoms with Gasteiger partial charge >= 0.3 is 0 Å². The van der Waals surface area contributed by atoms with Gasteiger partial charge in [-0.1, -0.05) is 34.6 Å². The minimum absolute atomic E-state index is 0.0594. The molecule has 0 bridgehead atoms. The third-order valence-corrected chi connectivity index (χ3v) is 3.46. The summed E-state index contributed by atoms with van der Waals surface area (Å²) in [5.74, 6) is 1.96. The van der Waals surface area contributed by atoms with E-state index in [0.717, 1.165) is 19.3 Å². The molecule has 0 aromatic rings. The van der Waals surface area contributed by atoms with Gasteiger partial charge in [0.25, 0.3) is 0 Å². The van der Waals surface area contributed by atoms with E-state index in [1.165, 1.54) is 0 Å². The average Bonchev–Trinajstić information content (AvgIpc) is 2.79. The Morgan fingerprint density at radius 2 is 1.71 bits per heavy atom. The molecule has 0 amide bonds. The van der Waals surface area contributed by atoms with Crippen LogP contribution in [0.1, 0.15) is 53.9 Å². The first kappa shape index (κ1) is 11.7. The molecule has 0 radical (unpaired) electrons. The Morgan fingerprint density at radius 3 is 2.00 bits per heavy atom. The van der Waals surface area contributed by atoms with E-state index in [1.807, 2.05) is 0 Å². The molecule has 0 unspecified atom stereocenters. The zero-order valence-corrected chi connectivity index (χ0v) is 10.3. The van der Waals surface area contributed by atoms with Crippen molar-refractivity contribution in [3.05, 3.63) is 0 Å². The second-order valence-electron chi connectivity index (χ2n) is 5.90. The lowest BCUT2D eigenvalue weighted by molar-refractivity contribution is -0.129. The Labute approximate surface area is 88.3 Å². The molecular formula is C13H24O. The van der Waals surface area contributed by atoms with E-state index in [0.29, 0.717) is 23.5 Å². The number of carbonyl (C=O) groups is 1. The third-order valence-electron chi connectivity index (χ3n) is 3.46. The lowest BCUT2D eigenvalue weighted by Crippen LogP contribution is -2.28. The number of Topliss-reactive ketones (excluding diaryl/α,β-unsaturated/α-hetero) is 1. The van der Waals surface area contributed by atoms with Crippen molar-refractivity contribution in [1.82, 2.24) is 0 Å². The Bertz CT molecular complexity index is 211. The van der Waals surface area contributed by atoms with Gasteiger partial charge in [-0.05, 0) is 31.1 Å². The molecule has 14 heavy (non-hydrogen) atoms. The fraction of sp³-hybridized carbons (Fsp3) is 0.923. The normalized spacial score (nSPS) is 21.4. The van der Waals surface area contributed by atoms with Crippen LogP contribution in [0.15, 0.2) is 0 Å². The molecule has 1 atom stereocenters. The van der Waals surface area contributed by atoms with Crippen LogP contribution < -0.4 is 0 Å². The molecular weight excluding hydrogens is 172 g/mol. The van der Waals surface area contributed by atoms with Crippen molar-refractivity contribution in [1.29, 1.82) is 0 Å². The monoisotopic (exact) mass is 196 g/mol. The van der Waals surface area contributed by atoms with E-state index >= 15 is 0 Å². The number of rotatable bonds is 5. The quantitative estimate of drug-likeness (QED) is 0.655. The van der Waals surface area contributed by atoms with Crippen LogP contribution in [0.25, 0.3) is 0 Å². The summed E-state index contributed by atoms with van der Waals surface area (Å²) in [6.45, 7) is 10.9. The molecule has 82 valence electrons. The fourth-order valence-electron chi connectivity index (χ4n) is 2.07. The third kappa shape index (κ3) is 2.59. The molecule has 0 aromatic heterocycles. The van der Waals surface area contributed by atoms with Crippen LogP contribution in [0.4, 0.5) is 0 Å². The summed E-state index contributed by atoms with van der Waals surface area (Å²) in [6.07, 6.45) is 3.30. The minimum Gasteiger partial charge on any atom is -0.299 e. The van der Waals surface area contributed by atoms with E-state index < -0.39 is 0 Å². The predicted molar refractivity (Wildman–Crippen MR) is 60.1 cm³/mol. The zero-order valence-electron chi connectivity index (χ0n) is 10.3. The van der Waals surface area contributed by atoms with E-state index in [-0.39, 0.29) is 5.41 Å². The molecule has 0 spiro atoms. The zero-order chi connectivity index (χ0) is 10.9. The molecule has 1 heteroatoms. The van der Waals surface area contributed by atoms with E-state index in [1.54, 1.807) is 0 Å². The summed E-state index contributed by atoms with van der Waals surface area (Å²) < 4.78 is 0. The van der Waals surface area contributed by atoms with Crippen LogP contribution in [0.5, 0.6) is 0 Å². The van der Waals surface area contributed by atoms with Gasteiger partial charge in [0.2, 0.25) is 0 Å². The van der Waals surface area contributed by atoms with Gasteiger partial charge in [-0.15, -0.1) is 0 Å². The molecule has 1 fully saturated rings. The van der Waals surface area contributed by atoms with Crippen LogP contribution in [-0.2, 0) is 4.79 Å². The van der Waals surface area contributed by atoms with E-state index in [4.69, 9.17) is 0 Å². The van der Waals surface area contributed by atoms with Crippen LogP contribution in [-0.4, -0.2) is 5.78 Å². The lowest BCUT2D eigenvalue weighted by atomic mass is 9.79. The van der Waals surface area contributed by atoms with Crippen LogP contribution in [0.2, 0.25) is 0 Å². The topological polar surface area (TPSA) is 17.1 Å². The highest BCUT2D eigenvalue weighted by molar-refractivity contribution is 5.89. The summed E-state index contributed by atoms with van der Waals surface area (Å²) >= 11 is 0. The molecule has 1 aliphatic rings. The van der Waals surface area contributed by atoms with E-state index in [9.17, 15) is 4.79 Å². The number of ketones is 1. The Hall–Kier alpha value is -0.330.